The Morgan fingerprint density at radius 1 is 1.35 bits per heavy atom. The van der Waals surface area contributed by atoms with Gasteiger partial charge in [-0.2, -0.15) is 0 Å². The minimum absolute atomic E-state index is 0.242. The van der Waals surface area contributed by atoms with Crippen molar-refractivity contribution in [2.75, 3.05) is 31.1 Å². The van der Waals surface area contributed by atoms with Gasteiger partial charge < -0.3 is 10.6 Å². The number of benzene rings is 1. The van der Waals surface area contributed by atoms with Gasteiger partial charge in [-0.25, -0.2) is 4.39 Å². The molecule has 0 heterocycles. The van der Waals surface area contributed by atoms with Crippen molar-refractivity contribution in [1.29, 1.82) is 0 Å². The Labute approximate surface area is 104 Å². The summed E-state index contributed by atoms with van der Waals surface area (Å²) in [6, 6.07) is 4.29. The Balaban J connectivity index is 2.64. The number of hydrogen-bond donors (Lipinski definition) is 1. The van der Waals surface area contributed by atoms with Crippen molar-refractivity contribution >= 4 is 16.5 Å². The average molecular weight is 258 g/mol. The molecule has 0 bridgehead atoms. The molecule has 1 unspecified atom stereocenters. The molecule has 0 fully saturated rings. The Morgan fingerprint density at radius 2 is 2.00 bits per heavy atom. The third kappa shape index (κ3) is 4.09. The molecule has 1 aromatic rings. The van der Waals surface area contributed by atoms with E-state index < -0.39 is 16.6 Å². The highest BCUT2D eigenvalue weighted by Gasteiger charge is 2.11. The normalized spacial score (nSPS) is 12.9. The van der Waals surface area contributed by atoms with Crippen LogP contribution in [0, 0.1) is 5.82 Å². The lowest BCUT2D eigenvalue weighted by molar-refractivity contribution is 0.323. The molecule has 0 aromatic heterocycles. The van der Waals surface area contributed by atoms with Crippen LogP contribution < -0.4 is 5.73 Å². The summed E-state index contributed by atoms with van der Waals surface area (Å²) in [4.78, 5) is 2.40. The minimum Gasteiger partial charge on any atom is -0.399 e. The molecule has 0 saturated carbocycles. The maximum Gasteiger partial charge on any atom is 0.141 e. The van der Waals surface area contributed by atoms with Crippen molar-refractivity contribution in [3.63, 3.8) is 0 Å². The van der Waals surface area contributed by atoms with Crippen molar-refractivity contribution < 1.29 is 8.60 Å². The van der Waals surface area contributed by atoms with Crippen molar-refractivity contribution in [2.45, 2.75) is 18.7 Å². The Morgan fingerprint density at radius 3 is 2.53 bits per heavy atom. The summed E-state index contributed by atoms with van der Waals surface area (Å²) in [6.07, 6.45) is 0. The predicted octanol–water partition coefficient (Wildman–Crippen LogP) is 1.86. The number of nitrogens with zero attached hydrogens (tertiary/aromatic N) is 1. The van der Waals surface area contributed by atoms with E-state index >= 15 is 0 Å². The summed E-state index contributed by atoms with van der Waals surface area (Å²) in [5.74, 6) is -0.0365. The van der Waals surface area contributed by atoms with E-state index in [4.69, 9.17) is 5.73 Å². The van der Waals surface area contributed by atoms with Crippen LogP contribution in [0.3, 0.4) is 0 Å². The standard InChI is InChI=1S/C12H19FN2OS/c1-3-15(4-2)7-8-17(16)12-6-5-10(14)9-11(12)13/h5-6,9H,3-4,7-8,14H2,1-2H3. The molecule has 0 spiro atoms. The van der Waals surface area contributed by atoms with Crippen LogP contribution in [0.25, 0.3) is 0 Å². The molecule has 1 atom stereocenters. The van der Waals surface area contributed by atoms with Crippen molar-refractivity contribution in [2.24, 2.45) is 0 Å². The van der Waals surface area contributed by atoms with E-state index in [2.05, 4.69) is 18.7 Å². The second-order valence-corrected chi connectivity index (χ2v) is 5.31. The van der Waals surface area contributed by atoms with Crippen molar-refractivity contribution in [3.8, 4) is 0 Å². The zero-order valence-corrected chi connectivity index (χ0v) is 11.1. The van der Waals surface area contributed by atoms with E-state index in [9.17, 15) is 8.60 Å². The van der Waals surface area contributed by atoms with E-state index in [0.717, 1.165) is 13.1 Å². The summed E-state index contributed by atoms with van der Waals surface area (Å²) >= 11 is 0. The van der Waals surface area contributed by atoms with Gasteiger partial charge in [0.15, 0.2) is 0 Å². The zero-order chi connectivity index (χ0) is 12.8. The lowest BCUT2D eigenvalue weighted by Gasteiger charge is -2.17. The highest BCUT2D eigenvalue weighted by Crippen LogP contribution is 2.15. The molecule has 0 radical (unpaired) electrons. The summed E-state index contributed by atoms with van der Waals surface area (Å²) < 4.78 is 25.4. The second-order valence-electron chi connectivity index (χ2n) is 3.77. The molecule has 2 N–H and O–H groups in total. The van der Waals surface area contributed by atoms with E-state index in [1.807, 2.05) is 0 Å². The lowest BCUT2D eigenvalue weighted by atomic mass is 10.3. The molecule has 96 valence electrons. The number of hydrogen-bond acceptors (Lipinski definition) is 3. The first kappa shape index (κ1) is 14.1. The van der Waals surface area contributed by atoms with E-state index in [1.165, 1.54) is 12.1 Å². The van der Waals surface area contributed by atoms with Gasteiger partial charge in [-0.3, -0.25) is 4.21 Å². The van der Waals surface area contributed by atoms with Gasteiger partial charge in [0.25, 0.3) is 0 Å². The van der Waals surface area contributed by atoms with Gasteiger partial charge in [0.1, 0.15) is 5.82 Å². The first-order valence-corrected chi connectivity index (χ1v) is 7.06. The molecule has 0 aliphatic heterocycles. The molecular formula is C12H19FN2OS. The SMILES string of the molecule is CCN(CC)CCS(=O)c1ccc(N)cc1F. The van der Waals surface area contributed by atoms with Crippen LogP contribution in [0.4, 0.5) is 10.1 Å². The number of nitrogen functional groups attached to an aromatic ring is 1. The van der Waals surface area contributed by atoms with Gasteiger partial charge in [-0.15, -0.1) is 0 Å². The minimum atomic E-state index is -1.30. The van der Waals surface area contributed by atoms with Crippen LogP contribution >= 0.6 is 0 Å². The predicted molar refractivity (Wildman–Crippen MR) is 69.9 cm³/mol. The fraction of sp³-hybridized carbons (Fsp3) is 0.500. The fourth-order valence-corrected chi connectivity index (χ4v) is 2.70. The topological polar surface area (TPSA) is 46.3 Å². The van der Waals surface area contributed by atoms with Gasteiger partial charge in [-0.1, -0.05) is 13.8 Å². The zero-order valence-electron chi connectivity index (χ0n) is 10.3. The summed E-state index contributed by atoms with van der Waals surface area (Å²) in [5, 5.41) is 0. The van der Waals surface area contributed by atoms with Gasteiger partial charge in [0.2, 0.25) is 0 Å². The first-order valence-electron chi connectivity index (χ1n) is 5.74. The molecular weight excluding hydrogens is 239 g/mol. The fourth-order valence-electron chi connectivity index (χ4n) is 1.56. The van der Waals surface area contributed by atoms with E-state index in [-0.39, 0.29) is 4.90 Å². The van der Waals surface area contributed by atoms with Crippen LogP contribution in [0.2, 0.25) is 0 Å². The highest BCUT2D eigenvalue weighted by atomic mass is 32.2. The number of nitrogens with two attached hydrogens (primary N) is 1. The summed E-state index contributed by atoms with van der Waals surface area (Å²) in [6.45, 7) is 6.64. The smallest absolute Gasteiger partial charge is 0.141 e. The number of anilines is 1. The maximum atomic E-state index is 13.5. The van der Waals surface area contributed by atoms with Crippen molar-refractivity contribution in [3.05, 3.63) is 24.0 Å². The van der Waals surface area contributed by atoms with Crippen LogP contribution in [0.5, 0.6) is 0 Å². The third-order valence-corrected chi connectivity index (χ3v) is 4.06. The monoisotopic (exact) mass is 258 g/mol. The highest BCUT2D eigenvalue weighted by molar-refractivity contribution is 7.85. The average Bonchev–Trinajstić information content (AvgIpc) is 2.30. The van der Waals surface area contributed by atoms with E-state index in [1.54, 1.807) is 6.07 Å². The van der Waals surface area contributed by atoms with Gasteiger partial charge in [0, 0.05) is 18.0 Å². The molecule has 1 aromatic carbocycles. The lowest BCUT2D eigenvalue weighted by Crippen LogP contribution is -2.27. The van der Waals surface area contributed by atoms with E-state index in [0.29, 0.717) is 18.0 Å². The molecule has 5 heteroatoms. The first-order chi connectivity index (χ1) is 8.08. The largest absolute Gasteiger partial charge is 0.399 e. The summed E-state index contributed by atoms with van der Waals surface area (Å²) in [7, 11) is -1.30. The maximum absolute atomic E-state index is 13.5. The molecule has 17 heavy (non-hydrogen) atoms. The van der Waals surface area contributed by atoms with Gasteiger partial charge >= 0.3 is 0 Å². The second kappa shape index (κ2) is 6.71. The molecule has 0 amide bonds. The quantitative estimate of drug-likeness (QED) is 0.792. The van der Waals surface area contributed by atoms with Crippen LogP contribution in [-0.4, -0.2) is 34.5 Å². The van der Waals surface area contributed by atoms with Gasteiger partial charge in [-0.05, 0) is 31.3 Å². The third-order valence-electron chi connectivity index (χ3n) is 2.69. The van der Waals surface area contributed by atoms with Crippen LogP contribution in [0.15, 0.2) is 23.1 Å². The number of rotatable bonds is 6. The Hall–Kier alpha value is -0.940. The van der Waals surface area contributed by atoms with Crippen LogP contribution in [-0.2, 0) is 10.8 Å². The van der Waals surface area contributed by atoms with Crippen molar-refractivity contribution in [1.82, 2.24) is 4.90 Å². The molecule has 3 nitrogen and oxygen atoms in total. The molecule has 0 aliphatic carbocycles. The van der Waals surface area contributed by atoms with Gasteiger partial charge in [0.05, 0.1) is 15.7 Å². The Kier molecular flexibility index (Phi) is 5.58. The van der Waals surface area contributed by atoms with Crippen LogP contribution in [0.1, 0.15) is 13.8 Å². The molecule has 0 saturated heterocycles. The summed E-state index contributed by atoms with van der Waals surface area (Å²) in [5.41, 5.74) is 5.80. The molecule has 0 aliphatic rings. The molecule has 1 rings (SSSR count). The number of halogens is 1. The Bertz CT molecular complexity index is 394.